The first-order chi connectivity index (χ1) is 4.25. The highest BCUT2D eigenvalue weighted by atomic mass is 15.4. The predicted molar refractivity (Wildman–Crippen MR) is 36.0 cm³/mol. The summed E-state index contributed by atoms with van der Waals surface area (Å²) >= 11 is 0. The number of hydrogen-bond donors (Lipinski definition) is 0. The second kappa shape index (κ2) is 2.21. The average Bonchev–Trinajstić information content (AvgIpc) is 2.15. The third-order valence-corrected chi connectivity index (χ3v) is 1.71. The highest BCUT2D eigenvalue weighted by Gasteiger charge is 2.02. The first-order valence-electron chi connectivity index (χ1n) is 3.27. The summed E-state index contributed by atoms with van der Waals surface area (Å²) in [5.74, 6) is 0. The molecule has 0 atom stereocenters. The Morgan fingerprint density at radius 3 is 2.56 bits per heavy atom. The van der Waals surface area contributed by atoms with E-state index in [1.54, 1.807) is 0 Å². The molecule has 1 rings (SSSR count). The summed E-state index contributed by atoms with van der Waals surface area (Å²) in [6.45, 7) is 5.29. The third-order valence-electron chi connectivity index (χ3n) is 1.71. The quantitative estimate of drug-likeness (QED) is 0.487. The minimum Gasteiger partial charge on any atom is -0.161 e. The van der Waals surface area contributed by atoms with Crippen LogP contribution in [-0.4, -0.2) is 4.68 Å². The minimum atomic E-state index is 1.05. The normalized spacial score (nSPS) is 10.1. The van der Waals surface area contributed by atoms with Gasteiger partial charge in [-0.25, -0.2) is 0 Å². The average molecular weight is 125 g/mol. The van der Waals surface area contributed by atoms with E-state index >= 15 is 0 Å². The van der Waals surface area contributed by atoms with E-state index in [4.69, 9.17) is 0 Å². The predicted octanol–water partition coefficient (Wildman–Crippen LogP) is 0.641. The third kappa shape index (κ3) is 0.969. The van der Waals surface area contributed by atoms with Crippen LogP contribution in [0.2, 0.25) is 0 Å². The van der Waals surface area contributed by atoms with E-state index in [-0.39, 0.29) is 0 Å². The van der Waals surface area contributed by atoms with Crippen molar-refractivity contribution < 1.29 is 4.68 Å². The van der Waals surface area contributed by atoms with Gasteiger partial charge in [-0.3, -0.25) is 0 Å². The summed E-state index contributed by atoms with van der Waals surface area (Å²) in [6, 6.07) is 2.11. The molecular formula is C7H13N2+. The van der Waals surface area contributed by atoms with Crippen LogP contribution in [0.5, 0.6) is 0 Å². The first kappa shape index (κ1) is 6.33. The summed E-state index contributed by atoms with van der Waals surface area (Å²) in [5, 5.41) is 0. The number of hydrogen-bond acceptors (Lipinski definition) is 0. The molecule has 1 aromatic rings. The van der Waals surface area contributed by atoms with E-state index in [9.17, 15) is 0 Å². The van der Waals surface area contributed by atoms with Gasteiger partial charge in [-0.1, -0.05) is 0 Å². The standard InChI is InChI=1S/C7H13N2/c1-4-9-6-5-7(2)8(9)3/h5-6H,4H2,1-3H3/q+1. The summed E-state index contributed by atoms with van der Waals surface area (Å²) < 4.78 is 4.30. The Labute approximate surface area is 55.7 Å². The lowest BCUT2D eigenvalue weighted by Crippen LogP contribution is -2.40. The van der Waals surface area contributed by atoms with Gasteiger partial charge in [0.25, 0.3) is 0 Å². The molecule has 0 saturated heterocycles. The lowest BCUT2D eigenvalue weighted by Gasteiger charge is -1.92. The molecule has 0 aliphatic rings. The molecule has 9 heavy (non-hydrogen) atoms. The highest BCUT2D eigenvalue weighted by Crippen LogP contribution is 1.88. The van der Waals surface area contributed by atoms with Crippen molar-refractivity contribution in [2.75, 3.05) is 0 Å². The van der Waals surface area contributed by atoms with Crippen molar-refractivity contribution in [3.63, 3.8) is 0 Å². The molecular weight excluding hydrogens is 112 g/mol. The van der Waals surface area contributed by atoms with Gasteiger partial charge < -0.3 is 0 Å². The molecule has 2 heteroatoms. The molecule has 50 valence electrons. The van der Waals surface area contributed by atoms with Crippen LogP contribution in [-0.2, 0) is 13.6 Å². The van der Waals surface area contributed by atoms with E-state index in [0.717, 1.165) is 6.54 Å². The monoisotopic (exact) mass is 125 g/mol. The Kier molecular flexibility index (Phi) is 1.56. The number of aryl methyl sites for hydroxylation is 2. The van der Waals surface area contributed by atoms with Gasteiger partial charge in [0.2, 0.25) is 0 Å². The Morgan fingerprint density at radius 2 is 2.33 bits per heavy atom. The Hall–Kier alpha value is -0.790. The molecule has 0 N–H and O–H groups in total. The van der Waals surface area contributed by atoms with Gasteiger partial charge >= 0.3 is 0 Å². The van der Waals surface area contributed by atoms with E-state index in [1.807, 2.05) is 0 Å². The summed E-state index contributed by atoms with van der Waals surface area (Å²) in [6.07, 6.45) is 2.09. The maximum atomic E-state index is 2.16. The molecule has 0 amide bonds. The topological polar surface area (TPSA) is 8.81 Å². The molecule has 0 fully saturated rings. The Morgan fingerprint density at radius 1 is 1.67 bits per heavy atom. The van der Waals surface area contributed by atoms with Crippen LogP contribution in [0.25, 0.3) is 0 Å². The van der Waals surface area contributed by atoms with Crippen molar-refractivity contribution in [1.29, 1.82) is 0 Å². The van der Waals surface area contributed by atoms with Gasteiger partial charge in [0.05, 0.1) is 12.7 Å². The molecule has 0 radical (unpaired) electrons. The van der Waals surface area contributed by atoms with Crippen molar-refractivity contribution in [2.24, 2.45) is 7.05 Å². The Bertz CT molecular complexity index is 201. The van der Waals surface area contributed by atoms with E-state index in [1.165, 1.54) is 5.69 Å². The fourth-order valence-electron chi connectivity index (χ4n) is 0.922. The van der Waals surface area contributed by atoms with E-state index in [0.29, 0.717) is 0 Å². The molecule has 0 saturated carbocycles. The fourth-order valence-corrected chi connectivity index (χ4v) is 0.922. The second-order valence-electron chi connectivity index (χ2n) is 2.24. The van der Waals surface area contributed by atoms with Crippen molar-refractivity contribution >= 4 is 0 Å². The molecule has 0 spiro atoms. The zero-order chi connectivity index (χ0) is 6.85. The van der Waals surface area contributed by atoms with Gasteiger partial charge in [-0.15, -0.1) is 4.68 Å². The number of aromatic nitrogens is 2. The van der Waals surface area contributed by atoms with Crippen molar-refractivity contribution in [2.45, 2.75) is 20.4 Å². The van der Waals surface area contributed by atoms with Crippen LogP contribution >= 0.6 is 0 Å². The smallest absolute Gasteiger partial charge is 0.161 e. The van der Waals surface area contributed by atoms with Gasteiger partial charge in [0, 0.05) is 6.07 Å². The van der Waals surface area contributed by atoms with Crippen LogP contribution < -0.4 is 4.68 Å². The van der Waals surface area contributed by atoms with Crippen molar-refractivity contribution in [3.05, 3.63) is 18.0 Å². The summed E-state index contributed by atoms with van der Waals surface area (Å²) in [7, 11) is 2.07. The first-order valence-corrected chi connectivity index (χ1v) is 3.27. The zero-order valence-corrected chi connectivity index (χ0v) is 6.26. The van der Waals surface area contributed by atoms with Crippen molar-refractivity contribution in [3.8, 4) is 0 Å². The van der Waals surface area contributed by atoms with Gasteiger partial charge in [-0.05, 0) is 13.8 Å². The summed E-state index contributed by atoms with van der Waals surface area (Å²) in [4.78, 5) is 0. The van der Waals surface area contributed by atoms with E-state index < -0.39 is 0 Å². The van der Waals surface area contributed by atoms with Crippen LogP contribution in [0.4, 0.5) is 0 Å². The van der Waals surface area contributed by atoms with E-state index in [2.05, 4.69) is 42.5 Å². The lowest BCUT2D eigenvalue weighted by molar-refractivity contribution is -0.770. The molecule has 0 aliphatic heterocycles. The molecule has 2 nitrogen and oxygen atoms in total. The van der Waals surface area contributed by atoms with Crippen LogP contribution in [0, 0.1) is 6.92 Å². The maximum absolute atomic E-state index is 2.16. The fraction of sp³-hybridized carbons (Fsp3) is 0.571. The molecule has 0 unspecified atom stereocenters. The van der Waals surface area contributed by atoms with Gasteiger partial charge in [0.1, 0.15) is 0 Å². The van der Waals surface area contributed by atoms with Crippen LogP contribution in [0.15, 0.2) is 12.3 Å². The molecule has 0 aliphatic carbocycles. The van der Waals surface area contributed by atoms with Gasteiger partial charge in [0.15, 0.2) is 12.7 Å². The SMILES string of the molecule is CC[n+]1ccc(C)n1C. The highest BCUT2D eigenvalue weighted by molar-refractivity contribution is 4.91. The van der Waals surface area contributed by atoms with Crippen LogP contribution in [0.3, 0.4) is 0 Å². The second-order valence-corrected chi connectivity index (χ2v) is 2.24. The zero-order valence-electron chi connectivity index (χ0n) is 6.26. The van der Waals surface area contributed by atoms with Crippen molar-refractivity contribution in [1.82, 2.24) is 4.68 Å². The lowest BCUT2D eigenvalue weighted by atomic mass is 10.5. The Balaban J connectivity index is 3.04. The number of rotatable bonds is 1. The largest absolute Gasteiger partial charge is 0.195 e. The van der Waals surface area contributed by atoms with Gasteiger partial charge in [-0.2, -0.15) is 4.68 Å². The molecule has 0 aromatic carbocycles. The number of nitrogens with zero attached hydrogens (tertiary/aromatic N) is 2. The maximum Gasteiger partial charge on any atom is 0.195 e. The summed E-state index contributed by atoms with van der Waals surface area (Å²) in [5.41, 5.74) is 1.30. The molecule has 1 heterocycles. The molecule has 0 bridgehead atoms. The minimum absolute atomic E-state index is 1.05. The van der Waals surface area contributed by atoms with Crippen LogP contribution in [0.1, 0.15) is 12.6 Å². The molecule has 1 aromatic heterocycles.